The van der Waals surface area contributed by atoms with E-state index < -0.39 is 0 Å². The van der Waals surface area contributed by atoms with E-state index in [1.54, 1.807) is 30.3 Å². The molecule has 0 unspecified atom stereocenters. The van der Waals surface area contributed by atoms with Gasteiger partial charge in [0.2, 0.25) is 5.89 Å². The summed E-state index contributed by atoms with van der Waals surface area (Å²) in [5.74, 6) is 0.0413. The maximum absolute atomic E-state index is 13.3. The van der Waals surface area contributed by atoms with Gasteiger partial charge in [-0.3, -0.25) is 4.79 Å². The van der Waals surface area contributed by atoms with Gasteiger partial charge < -0.3 is 9.32 Å². The second kappa shape index (κ2) is 5.50. The molecule has 1 aromatic heterocycles. The van der Waals surface area contributed by atoms with Crippen molar-refractivity contribution in [2.24, 2.45) is 0 Å². The van der Waals surface area contributed by atoms with Crippen LogP contribution in [0.15, 0.2) is 46.9 Å². The summed E-state index contributed by atoms with van der Waals surface area (Å²) in [5.41, 5.74) is 2.38. The third-order valence-electron chi connectivity index (χ3n) is 4.10. The first-order chi connectivity index (χ1) is 11.2. The molecule has 23 heavy (non-hydrogen) atoms. The Hall–Kier alpha value is -2.69. The van der Waals surface area contributed by atoms with E-state index in [1.165, 1.54) is 12.1 Å². The van der Waals surface area contributed by atoms with E-state index in [4.69, 9.17) is 4.42 Å². The van der Waals surface area contributed by atoms with Crippen molar-refractivity contribution in [2.45, 2.75) is 12.8 Å². The molecular formula is C18H15FN2O2. The van der Waals surface area contributed by atoms with Crippen molar-refractivity contribution in [3.8, 4) is 11.5 Å². The molecule has 3 aromatic rings. The molecule has 1 amide bonds. The SMILES string of the molecule is O=C(c1ccc2oc(-c3cccc(F)c3)nc2c1)N1CCCC1. The Morgan fingerprint density at radius 3 is 2.74 bits per heavy atom. The maximum atomic E-state index is 13.3. The van der Waals surface area contributed by atoms with Gasteiger partial charge in [-0.25, -0.2) is 9.37 Å². The van der Waals surface area contributed by atoms with Crippen molar-refractivity contribution in [1.82, 2.24) is 9.88 Å². The van der Waals surface area contributed by atoms with Crippen molar-refractivity contribution in [1.29, 1.82) is 0 Å². The number of halogens is 1. The van der Waals surface area contributed by atoms with Gasteiger partial charge in [-0.15, -0.1) is 0 Å². The number of amides is 1. The van der Waals surface area contributed by atoms with Gasteiger partial charge in [0, 0.05) is 24.2 Å². The van der Waals surface area contributed by atoms with E-state index in [2.05, 4.69) is 4.98 Å². The molecule has 0 saturated carbocycles. The van der Waals surface area contributed by atoms with Crippen LogP contribution >= 0.6 is 0 Å². The molecule has 0 aliphatic carbocycles. The van der Waals surface area contributed by atoms with Crippen LogP contribution in [0, 0.1) is 5.82 Å². The summed E-state index contributed by atoms with van der Waals surface area (Å²) < 4.78 is 19.0. The molecule has 0 bridgehead atoms. The van der Waals surface area contributed by atoms with Crippen LogP contribution in [0.4, 0.5) is 4.39 Å². The van der Waals surface area contributed by atoms with E-state index in [9.17, 15) is 9.18 Å². The number of oxazole rings is 1. The lowest BCUT2D eigenvalue weighted by atomic mass is 10.2. The molecule has 4 nitrogen and oxygen atoms in total. The van der Waals surface area contributed by atoms with Gasteiger partial charge in [-0.05, 0) is 49.2 Å². The Bertz CT molecular complexity index is 882. The summed E-state index contributed by atoms with van der Waals surface area (Å²) in [6.45, 7) is 1.62. The Kier molecular flexibility index (Phi) is 3.33. The average molecular weight is 310 g/mol. The van der Waals surface area contributed by atoms with Gasteiger partial charge in [-0.2, -0.15) is 0 Å². The molecule has 5 heteroatoms. The zero-order valence-electron chi connectivity index (χ0n) is 12.5. The molecule has 1 aliphatic rings. The van der Waals surface area contributed by atoms with Crippen molar-refractivity contribution in [3.63, 3.8) is 0 Å². The Morgan fingerprint density at radius 2 is 1.96 bits per heavy atom. The highest BCUT2D eigenvalue weighted by Crippen LogP contribution is 2.26. The molecule has 0 atom stereocenters. The zero-order valence-corrected chi connectivity index (χ0v) is 12.5. The monoisotopic (exact) mass is 310 g/mol. The van der Waals surface area contributed by atoms with Crippen LogP contribution in [0.3, 0.4) is 0 Å². The number of rotatable bonds is 2. The fourth-order valence-electron chi connectivity index (χ4n) is 2.91. The van der Waals surface area contributed by atoms with E-state index in [-0.39, 0.29) is 11.7 Å². The first-order valence-electron chi connectivity index (χ1n) is 7.66. The Morgan fingerprint density at radius 1 is 1.13 bits per heavy atom. The normalized spacial score (nSPS) is 14.6. The van der Waals surface area contributed by atoms with Gasteiger partial charge in [-0.1, -0.05) is 6.07 Å². The predicted octanol–water partition coefficient (Wildman–Crippen LogP) is 3.87. The molecule has 0 N–H and O–H groups in total. The number of fused-ring (bicyclic) bond motifs is 1. The molecule has 1 fully saturated rings. The fraction of sp³-hybridized carbons (Fsp3) is 0.222. The van der Waals surface area contributed by atoms with E-state index >= 15 is 0 Å². The molecule has 2 heterocycles. The van der Waals surface area contributed by atoms with Crippen LogP contribution in [0.2, 0.25) is 0 Å². The van der Waals surface area contributed by atoms with Crippen LogP contribution in [0.25, 0.3) is 22.6 Å². The molecule has 0 spiro atoms. The molecular weight excluding hydrogens is 295 g/mol. The molecule has 116 valence electrons. The van der Waals surface area contributed by atoms with Crippen molar-refractivity contribution < 1.29 is 13.6 Å². The molecule has 1 aliphatic heterocycles. The summed E-state index contributed by atoms with van der Waals surface area (Å²) >= 11 is 0. The summed E-state index contributed by atoms with van der Waals surface area (Å²) in [7, 11) is 0. The first-order valence-corrected chi connectivity index (χ1v) is 7.66. The van der Waals surface area contributed by atoms with Crippen LogP contribution in [0.1, 0.15) is 23.2 Å². The molecule has 1 saturated heterocycles. The van der Waals surface area contributed by atoms with E-state index in [1.807, 2.05) is 4.90 Å². The van der Waals surface area contributed by atoms with Crippen LogP contribution in [-0.4, -0.2) is 28.9 Å². The van der Waals surface area contributed by atoms with Gasteiger partial charge in [0.25, 0.3) is 5.91 Å². The minimum Gasteiger partial charge on any atom is -0.436 e. The van der Waals surface area contributed by atoms with Gasteiger partial charge >= 0.3 is 0 Å². The number of nitrogens with zero attached hydrogens (tertiary/aromatic N) is 2. The standard InChI is InChI=1S/C18H15FN2O2/c19-14-5-3-4-12(10-14)17-20-15-11-13(6-7-16(15)23-17)18(22)21-8-1-2-9-21/h3-7,10-11H,1-2,8-9H2. The molecule has 4 rings (SSSR count). The summed E-state index contributed by atoms with van der Waals surface area (Å²) in [6.07, 6.45) is 2.11. The second-order valence-corrected chi connectivity index (χ2v) is 5.71. The third kappa shape index (κ3) is 2.59. The summed E-state index contributed by atoms with van der Waals surface area (Å²) in [4.78, 5) is 18.7. The Balaban J connectivity index is 1.70. The highest BCUT2D eigenvalue weighted by molar-refractivity contribution is 5.97. The van der Waals surface area contributed by atoms with Crippen LogP contribution in [0.5, 0.6) is 0 Å². The number of hydrogen-bond acceptors (Lipinski definition) is 3. The quantitative estimate of drug-likeness (QED) is 0.722. The largest absolute Gasteiger partial charge is 0.436 e. The van der Waals surface area contributed by atoms with Crippen molar-refractivity contribution >= 4 is 17.0 Å². The van der Waals surface area contributed by atoms with Crippen molar-refractivity contribution in [2.75, 3.05) is 13.1 Å². The number of benzene rings is 2. The first kappa shape index (κ1) is 13.9. The van der Waals surface area contributed by atoms with Crippen LogP contribution < -0.4 is 0 Å². The average Bonchev–Trinajstić information content (AvgIpc) is 3.23. The lowest BCUT2D eigenvalue weighted by Gasteiger charge is -2.14. The zero-order chi connectivity index (χ0) is 15.8. The number of hydrogen-bond donors (Lipinski definition) is 0. The fourth-order valence-corrected chi connectivity index (χ4v) is 2.91. The number of carbonyl (C=O) groups is 1. The number of aromatic nitrogens is 1. The summed E-state index contributed by atoms with van der Waals surface area (Å²) in [5, 5.41) is 0. The second-order valence-electron chi connectivity index (χ2n) is 5.71. The van der Waals surface area contributed by atoms with Gasteiger partial charge in [0.15, 0.2) is 5.58 Å². The smallest absolute Gasteiger partial charge is 0.253 e. The lowest BCUT2D eigenvalue weighted by Crippen LogP contribution is -2.27. The third-order valence-corrected chi connectivity index (χ3v) is 4.10. The van der Waals surface area contributed by atoms with Crippen molar-refractivity contribution in [3.05, 3.63) is 53.8 Å². The lowest BCUT2D eigenvalue weighted by molar-refractivity contribution is 0.0793. The minimum atomic E-state index is -0.338. The van der Waals surface area contributed by atoms with E-state index in [0.717, 1.165) is 25.9 Å². The summed E-state index contributed by atoms with van der Waals surface area (Å²) in [6, 6.07) is 11.3. The minimum absolute atomic E-state index is 0.0275. The maximum Gasteiger partial charge on any atom is 0.253 e. The highest BCUT2D eigenvalue weighted by atomic mass is 19.1. The Labute approximate surface area is 132 Å². The number of likely N-dealkylation sites (tertiary alicyclic amines) is 1. The van der Waals surface area contributed by atoms with Gasteiger partial charge in [0.1, 0.15) is 11.3 Å². The van der Waals surface area contributed by atoms with E-state index in [0.29, 0.717) is 28.1 Å². The molecule has 0 radical (unpaired) electrons. The topological polar surface area (TPSA) is 46.3 Å². The predicted molar refractivity (Wildman–Crippen MR) is 84.5 cm³/mol. The van der Waals surface area contributed by atoms with Crippen LogP contribution in [-0.2, 0) is 0 Å². The molecule has 2 aromatic carbocycles. The highest BCUT2D eigenvalue weighted by Gasteiger charge is 2.20. The number of carbonyl (C=O) groups excluding carboxylic acids is 1. The van der Waals surface area contributed by atoms with Gasteiger partial charge in [0.05, 0.1) is 0 Å².